The Morgan fingerprint density at radius 3 is 2.66 bits per heavy atom. The summed E-state index contributed by atoms with van der Waals surface area (Å²) in [5, 5.41) is 5.95. The number of guanidine groups is 1. The first-order chi connectivity index (χ1) is 13.9. The average molecular weight is 401 g/mol. The molecule has 1 aromatic carbocycles. The number of hydrogen-bond donors (Lipinski definition) is 4. The van der Waals surface area contributed by atoms with Crippen LogP contribution in [0.2, 0.25) is 0 Å². The molecule has 2 rings (SSSR count). The predicted molar refractivity (Wildman–Crippen MR) is 115 cm³/mol. The molecule has 0 spiro atoms. The van der Waals surface area contributed by atoms with E-state index in [0.717, 1.165) is 5.56 Å². The summed E-state index contributed by atoms with van der Waals surface area (Å²) >= 11 is 0. The zero-order valence-corrected chi connectivity index (χ0v) is 17.4. The number of amides is 1. The van der Waals surface area contributed by atoms with E-state index in [1.807, 2.05) is 30.3 Å². The van der Waals surface area contributed by atoms with Gasteiger partial charge in [-0.2, -0.15) is 0 Å². The van der Waals surface area contributed by atoms with E-state index in [-0.39, 0.29) is 11.9 Å². The molecule has 2 atom stereocenters. The van der Waals surface area contributed by atoms with Gasteiger partial charge < -0.3 is 26.5 Å². The Morgan fingerprint density at radius 1 is 1.28 bits per heavy atom. The molecule has 1 heterocycles. The van der Waals surface area contributed by atoms with Gasteiger partial charge in [-0.25, -0.2) is 4.98 Å². The molecule has 8 heteroatoms. The normalized spacial score (nSPS) is 13.9. The fourth-order valence-corrected chi connectivity index (χ4v) is 2.90. The number of hydrogen-bond acceptors (Lipinski definition) is 5. The maximum Gasteiger partial charge on any atom is 0.237 e. The third-order valence-electron chi connectivity index (χ3n) is 4.48. The molecule has 29 heavy (non-hydrogen) atoms. The molecule has 0 fully saturated rings. The lowest BCUT2D eigenvalue weighted by atomic mass is 10.0. The molecule has 1 amide bonds. The SMILES string of the molecule is CN=C(N)NCCC[C@@H](N)C(=O)N[C@@H](CC(C)C)c1ncc(-c2ccccc2)o1. The van der Waals surface area contributed by atoms with E-state index in [1.165, 1.54) is 0 Å². The monoisotopic (exact) mass is 400 g/mol. The third kappa shape index (κ3) is 7.23. The fourth-order valence-electron chi connectivity index (χ4n) is 2.90. The molecule has 0 saturated carbocycles. The van der Waals surface area contributed by atoms with Crippen LogP contribution in [0.5, 0.6) is 0 Å². The fraction of sp³-hybridized carbons (Fsp3) is 0.476. The molecule has 0 aliphatic rings. The lowest BCUT2D eigenvalue weighted by Crippen LogP contribution is -2.43. The van der Waals surface area contributed by atoms with Gasteiger partial charge in [0.15, 0.2) is 11.7 Å². The highest BCUT2D eigenvalue weighted by atomic mass is 16.4. The molecular formula is C21H32N6O2. The zero-order chi connectivity index (χ0) is 21.2. The van der Waals surface area contributed by atoms with E-state index in [0.29, 0.717) is 49.3 Å². The minimum Gasteiger partial charge on any atom is -0.438 e. The summed E-state index contributed by atoms with van der Waals surface area (Å²) in [6.07, 6.45) is 3.63. The Labute approximate surface area is 172 Å². The Hall–Kier alpha value is -2.87. The van der Waals surface area contributed by atoms with Crippen LogP contribution in [0.15, 0.2) is 45.9 Å². The predicted octanol–water partition coefficient (Wildman–Crippen LogP) is 2.19. The Balaban J connectivity index is 1.97. The summed E-state index contributed by atoms with van der Waals surface area (Å²) in [5.41, 5.74) is 12.6. The van der Waals surface area contributed by atoms with E-state index < -0.39 is 6.04 Å². The Morgan fingerprint density at radius 2 is 2.00 bits per heavy atom. The van der Waals surface area contributed by atoms with E-state index in [4.69, 9.17) is 15.9 Å². The minimum absolute atomic E-state index is 0.216. The van der Waals surface area contributed by atoms with E-state index in [2.05, 4.69) is 34.5 Å². The summed E-state index contributed by atoms with van der Waals surface area (Å²) in [7, 11) is 1.61. The van der Waals surface area contributed by atoms with Gasteiger partial charge in [0.05, 0.1) is 12.2 Å². The van der Waals surface area contributed by atoms with Gasteiger partial charge in [-0.05, 0) is 25.2 Å². The lowest BCUT2D eigenvalue weighted by Gasteiger charge is -2.20. The van der Waals surface area contributed by atoms with Gasteiger partial charge in [-0.1, -0.05) is 44.2 Å². The van der Waals surface area contributed by atoms with Crippen molar-refractivity contribution in [1.82, 2.24) is 15.6 Å². The van der Waals surface area contributed by atoms with Crippen molar-refractivity contribution >= 4 is 11.9 Å². The van der Waals surface area contributed by atoms with Crippen LogP contribution in [0.4, 0.5) is 0 Å². The number of benzene rings is 1. The number of aliphatic imine (C=N–C) groups is 1. The first-order valence-corrected chi connectivity index (χ1v) is 9.94. The molecule has 2 aromatic rings. The molecule has 0 aliphatic heterocycles. The van der Waals surface area contributed by atoms with Crippen molar-refractivity contribution in [3.8, 4) is 11.3 Å². The molecule has 8 nitrogen and oxygen atoms in total. The van der Waals surface area contributed by atoms with Crippen molar-refractivity contribution in [1.29, 1.82) is 0 Å². The van der Waals surface area contributed by atoms with Crippen molar-refractivity contribution in [2.45, 2.75) is 45.2 Å². The summed E-state index contributed by atoms with van der Waals surface area (Å²) in [5.74, 6) is 1.68. The topological polar surface area (TPSA) is 132 Å². The van der Waals surface area contributed by atoms with Gasteiger partial charge in [0.1, 0.15) is 6.04 Å². The van der Waals surface area contributed by atoms with Gasteiger partial charge in [0.25, 0.3) is 0 Å². The number of nitrogens with two attached hydrogens (primary N) is 2. The number of nitrogens with one attached hydrogen (secondary N) is 2. The second-order valence-corrected chi connectivity index (χ2v) is 7.40. The van der Waals surface area contributed by atoms with Crippen LogP contribution < -0.4 is 22.1 Å². The quantitative estimate of drug-likeness (QED) is 0.275. The van der Waals surface area contributed by atoms with Crippen molar-refractivity contribution in [3.05, 3.63) is 42.4 Å². The smallest absolute Gasteiger partial charge is 0.237 e. The summed E-state index contributed by atoms with van der Waals surface area (Å²) in [6, 6.07) is 8.81. The number of carbonyl (C=O) groups is 1. The Bertz CT molecular complexity index is 787. The largest absolute Gasteiger partial charge is 0.438 e. The maximum absolute atomic E-state index is 12.6. The van der Waals surface area contributed by atoms with Crippen molar-refractivity contribution in [3.63, 3.8) is 0 Å². The minimum atomic E-state index is -0.616. The molecule has 0 unspecified atom stereocenters. The summed E-state index contributed by atoms with van der Waals surface area (Å²) in [6.45, 7) is 4.79. The molecule has 0 bridgehead atoms. The highest BCUT2D eigenvalue weighted by Gasteiger charge is 2.24. The zero-order valence-electron chi connectivity index (χ0n) is 17.4. The average Bonchev–Trinajstić information content (AvgIpc) is 3.20. The second kappa shape index (κ2) is 11.2. The van der Waals surface area contributed by atoms with Crippen LogP contribution in [-0.2, 0) is 4.79 Å². The Kier molecular flexibility index (Phi) is 8.67. The van der Waals surface area contributed by atoms with Gasteiger partial charge in [-0.15, -0.1) is 0 Å². The first kappa shape index (κ1) is 22.4. The molecule has 6 N–H and O–H groups in total. The van der Waals surface area contributed by atoms with Crippen molar-refractivity contribution in [2.75, 3.05) is 13.6 Å². The van der Waals surface area contributed by atoms with Gasteiger partial charge in [0.2, 0.25) is 11.8 Å². The highest BCUT2D eigenvalue weighted by Crippen LogP contribution is 2.26. The van der Waals surface area contributed by atoms with E-state index in [9.17, 15) is 4.79 Å². The first-order valence-electron chi connectivity index (χ1n) is 9.94. The molecule has 0 aliphatic carbocycles. The van der Waals surface area contributed by atoms with Crippen LogP contribution >= 0.6 is 0 Å². The number of rotatable bonds is 10. The summed E-state index contributed by atoms with van der Waals surface area (Å²) in [4.78, 5) is 20.8. The highest BCUT2D eigenvalue weighted by molar-refractivity contribution is 5.81. The molecule has 0 saturated heterocycles. The summed E-state index contributed by atoms with van der Waals surface area (Å²) < 4.78 is 5.95. The maximum atomic E-state index is 12.6. The molecule has 158 valence electrons. The molecule has 1 aromatic heterocycles. The molecular weight excluding hydrogens is 368 g/mol. The van der Waals surface area contributed by atoms with E-state index >= 15 is 0 Å². The third-order valence-corrected chi connectivity index (χ3v) is 4.48. The van der Waals surface area contributed by atoms with E-state index in [1.54, 1.807) is 13.2 Å². The van der Waals surface area contributed by atoms with Crippen molar-refractivity contribution in [2.24, 2.45) is 22.4 Å². The van der Waals surface area contributed by atoms with Crippen LogP contribution in [-0.4, -0.2) is 36.5 Å². The number of aromatic nitrogens is 1. The van der Waals surface area contributed by atoms with Gasteiger partial charge >= 0.3 is 0 Å². The number of carbonyl (C=O) groups excluding carboxylic acids is 1. The number of oxazole rings is 1. The van der Waals surface area contributed by atoms with Gasteiger partial charge in [0, 0.05) is 19.2 Å². The van der Waals surface area contributed by atoms with Crippen LogP contribution in [0.3, 0.4) is 0 Å². The van der Waals surface area contributed by atoms with Gasteiger partial charge in [-0.3, -0.25) is 9.79 Å². The molecule has 0 radical (unpaired) electrons. The number of nitrogens with zero attached hydrogens (tertiary/aromatic N) is 2. The standard InChI is InChI=1S/C21H32N6O2/c1-14(2)12-17(20-26-13-18(29-20)15-8-5-4-6-9-15)27-19(28)16(22)10-7-11-25-21(23)24-3/h4-6,8-9,13-14,16-17H,7,10-12,22H2,1-3H3,(H,27,28)(H3,23,24,25)/t16-,17+/m1/s1. The van der Waals surface area contributed by atoms with Crippen LogP contribution in [0.25, 0.3) is 11.3 Å². The van der Waals surface area contributed by atoms with Crippen LogP contribution in [0, 0.1) is 5.92 Å². The van der Waals surface area contributed by atoms with Crippen molar-refractivity contribution < 1.29 is 9.21 Å². The lowest BCUT2D eigenvalue weighted by molar-refractivity contribution is -0.123. The van der Waals surface area contributed by atoms with Crippen LogP contribution in [0.1, 0.15) is 45.0 Å². The second-order valence-electron chi connectivity index (χ2n) is 7.40.